The quantitative estimate of drug-likeness (QED) is 0.647. The van der Waals surface area contributed by atoms with Gasteiger partial charge in [-0.1, -0.05) is 25.0 Å². The zero-order valence-electron chi connectivity index (χ0n) is 11.8. The molecule has 0 spiro atoms. The van der Waals surface area contributed by atoms with E-state index in [4.69, 9.17) is 5.11 Å². The van der Waals surface area contributed by atoms with Gasteiger partial charge in [-0.05, 0) is 44.0 Å². The van der Waals surface area contributed by atoms with Crippen LogP contribution in [0.15, 0.2) is 24.3 Å². The van der Waals surface area contributed by atoms with Crippen molar-refractivity contribution in [1.82, 2.24) is 5.32 Å². The van der Waals surface area contributed by atoms with Gasteiger partial charge in [-0.2, -0.15) is 8.78 Å². The molecule has 0 aliphatic rings. The van der Waals surface area contributed by atoms with Crippen molar-refractivity contribution in [2.24, 2.45) is 0 Å². The fraction of sp³-hybridized carbons (Fsp3) is 0.600. The van der Waals surface area contributed by atoms with Crippen molar-refractivity contribution >= 4 is 0 Å². The SMILES string of the molecule is CC(NCCCCCCO)c1ccc(OC(F)F)cc1. The van der Waals surface area contributed by atoms with Crippen LogP contribution in [0.3, 0.4) is 0 Å². The highest BCUT2D eigenvalue weighted by Gasteiger charge is 2.07. The molecule has 0 bridgehead atoms. The van der Waals surface area contributed by atoms with Gasteiger partial charge >= 0.3 is 6.61 Å². The number of nitrogens with one attached hydrogen (secondary N) is 1. The Morgan fingerprint density at radius 1 is 1.10 bits per heavy atom. The lowest BCUT2D eigenvalue weighted by Gasteiger charge is -2.15. The Kier molecular flexibility index (Phi) is 8.14. The smallest absolute Gasteiger partial charge is 0.387 e. The summed E-state index contributed by atoms with van der Waals surface area (Å²) in [5, 5.41) is 12.0. The van der Waals surface area contributed by atoms with Crippen LogP contribution in [0.4, 0.5) is 8.78 Å². The molecule has 20 heavy (non-hydrogen) atoms. The van der Waals surface area contributed by atoms with E-state index in [1.165, 1.54) is 0 Å². The van der Waals surface area contributed by atoms with Crippen LogP contribution in [0.1, 0.15) is 44.2 Å². The minimum absolute atomic E-state index is 0.174. The second-order valence-electron chi connectivity index (χ2n) is 4.76. The van der Waals surface area contributed by atoms with E-state index in [1.807, 2.05) is 6.92 Å². The highest BCUT2D eigenvalue weighted by Crippen LogP contribution is 2.19. The molecule has 0 heterocycles. The topological polar surface area (TPSA) is 41.5 Å². The summed E-state index contributed by atoms with van der Waals surface area (Å²) in [7, 11) is 0. The molecule has 0 amide bonds. The highest BCUT2D eigenvalue weighted by molar-refractivity contribution is 5.28. The number of hydrogen-bond donors (Lipinski definition) is 2. The predicted molar refractivity (Wildman–Crippen MR) is 75.0 cm³/mol. The van der Waals surface area contributed by atoms with Crippen LogP contribution < -0.4 is 10.1 Å². The number of aliphatic hydroxyl groups is 1. The van der Waals surface area contributed by atoms with Crippen LogP contribution in [0.5, 0.6) is 5.75 Å². The molecule has 1 aromatic carbocycles. The van der Waals surface area contributed by atoms with Crippen LogP contribution in [0.25, 0.3) is 0 Å². The number of halogens is 2. The van der Waals surface area contributed by atoms with Gasteiger partial charge in [0.25, 0.3) is 0 Å². The summed E-state index contributed by atoms with van der Waals surface area (Å²) < 4.78 is 28.4. The van der Waals surface area contributed by atoms with Crippen molar-refractivity contribution in [2.45, 2.75) is 45.3 Å². The van der Waals surface area contributed by atoms with Gasteiger partial charge in [-0.25, -0.2) is 0 Å². The summed E-state index contributed by atoms with van der Waals surface area (Å²) in [5.74, 6) is 0.181. The molecular weight excluding hydrogens is 264 g/mol. The molecule has 1 rings (SSSR count). The Labute approximate surface area is 119 Å². The standard InChI is InChI=1S/C15H23F2NO2/c1-12(18-10-4-2-3-5-11-19)13-6-8-14(9-7-13)20-15(16)17/h6-9,12,15,18-19H,2-5,10-11H2,1H3. The average molecular weight is 287 g/mol. The lowest BCUT2D eigenvalue weighted by molar-refractivity contribution is -0.0498. The molecule has 0 radical (unpaired) electrons. The molecule has 0 fully saturated rings. The monoisotopic (exact) mass is 287 g/mol. The number of benzene rings is 1. The van der Waals surface area contributed by atoms with Crippen LogP contribution >= 0.6 is 0 Å². The number of aliphatic hydroxyl groups excluding tert-OH is 1. The van der Waals surface area contributed by atoms with Gasteiger partial charge in [0.2, 0.25) is 0 Å². The van der Waals surface area contributed by atoms with Gasteiger partial charge in [0.1, 0.15) is 5.75 Å². The maximum atomic E-state index is 12.0. The first-order valence-corrected chi connectivity index (χ1v) is 7.02. The first kappa shape index (κ1) is 16.9. The third kappa shape index (κ3) is 6.82. The van der Waals surface area contributed by atoms with Crippen LogP contribution in [0.2, 0.25) is 0 Å². The summed E-state index contributed by atoms with van der Waals surface area (Å²) in [4.78, 5) is 0. The van der Waals surface area contributed by atoms with Crippen LogP contribution in [-0.4, -0.2) is 24.9 Å². The molecule has 0 aliphatic carbocycles. The lowest BCUT2D eigenvalue weighted by Crippen LogP contribution is -2.19. The Hall–Kier alpha value is -1.20. The van der Waals surface area contributed by atoms with E-state index < -0.39 is 6.61 Å². The Morgan fingerprint density at radius 3 is 2.35 bits per heavy atom. The predicted octanol–water partition coefficient (Wildman–Crippen LogP) is 3.49. The Morgan fingerprint density at radius 2 is 1.75 bits per heavy atom. The molecule has 0 aromatic heterocycles. The number of unbranched alkanes of at least 4 members (excludes halogenated alkanes) is 3. The van der Waals surface area contributed by atoms with Crippen molar-refractivity contribution < 1.29 is 18.6 Å². The van der Waals surface area contributed by atoms with Gasteiger partial charge in [0.05, 0.1) is 0 Å². The van der Waals surface area contributed by atoms with E-state index in [2.05, 4.69) is 10.1 Å². The maximum absolute atomic E-state index is 12.0. The van der Waals surface area contributed by atoms with Crippen LogP contribution in [0, 0.1) is 0 Å². The number of ether oxygens (including phenoxy) is 1. The summed E-state index contributed by atoms with van der Waals surface area (Å²) >= 11 is 0. The van der Waals surface area contributed by atoms with Crippen molar-refractivity contribution in [2.75, 3.05) is 13.2 Å². The van der Waals surface area contributed by atoms with Crippen molar-refractivity contribution in [3.63, 3.8) is 0 Å². The molecule has 1 aromatic rings. The number of hydrogen-bond acceptors (Lipinski definition) is 3. The van der Waals surface area contributed by atoms with Crippen molar-refractivity contribution in [1.29, 1.82) is 0 Å². The zero-order valence-corrected chi connectivity index (χ0v) is 11.8. The molecule has 0 saturated heterocycles. The van der Waals surface area contributed by atoms with E-state index >= 15 is 0 Å². The van der Waals surface area contributed by atoms with Gasteiger partial charge < -0.3 is 15.2 Å². The number of alkyl halides is 2. The fourth-order valence-corrected chi connectivity index (χ4v) is 1.96. The number of rotatable bonds is 10. The van der Waals surface area contributed by atoms with Gasteiger partial charge in [0, 0.05) is 12.6 Å². The summed E-state index contributed by atoms with van der Waals surface area (Å²) in [6.45, 7) is 0.422. The summed E-state index contributed by atoms with van der Waals surface area (Å²) in [5.41, 5.74) is 1.04. The lowest BCUT2D eigenvalue weighted by atomic mass is 10.1. The highest BCUT2D eigenvalue weighted by atomic mass is 19.3. The largest absolute Gasteiger partial charge is 0.435 e. The van der Waals surface area contributed by atoms with E-state index in [0.717, 1.165) is 37.8 Å². The Balaban J connectivity index is 2.27. The molecular formula is C15H23F2NO2. The Bertz CT molecular complexity index is 357. The summed E-state index contributed by atoms with van der Waals surface area (Å²) in [6.07, 6.45) is 4.08. The molecule has 0 saturated carbocycles. The third-order valence-corrected chi connectivity index (χ3v) is 3.14. The fourth-order valence-electron chi connectivity index (χ4n) is 1.96. The molecule has 1 unspecified atom stereocenters. The molecule has 2 N–H and O–H groups in total. The van der Waals surface area contributed by atoms with Crippen LogP contribution in [-0.2, 0) is 0 Å². The van der Waals surface area contributed by atoms with E-state index in [9.17, 15) is 8.78 Å². The molecule has 114 valence electrons. The van der Waals surface area contributed by atoms with Gasteiger partial charge in [-0.15, -0.1) is 0 Å². The second-order valence-corrected chi connectivity index (χ2v) is 4.76. The maximum Gasteiger partial charge on any atom is 0.387 e. The zero-order chi connectivity index (χ0) is 14.8. The third-order valence-electron chi connectivity index (χ3n) is 3.14. The first-order chi connectivity index (χ1) is 9.63. The molecule has 3 nitrogen and oxygen atoms in total. The average Bonchev–Trinajstić information content (AvgIpc) is 2.42. The van der Waals surface area contributed by atoms with E-state index in [1.54, 1.807) is 24.3 Å². The van der Waals surface area contributed by atoms with E-state index in [-0.39, 0.29) is 18.4 Å². The van der Waals surface area contributed by atoms with Crippen molar-refractivity contribution in [3.8, 4) is 5.75 Å². The molecule has 5 heteroatoms. The second kappa shape index (κ2) is 9.66. The van der Waals surface area contributed by atoms with Gasteiger partial charge in [0.15, 0.2) is 0 Å². The summed E-state index contributed by atoms with van der Waals surface area (Å²) in [6, 6.07) is 6.87. The van der Waals surface area contributed by atoms with Gasteiger partial charge in [-0.3, -0.25) is 0 Å². The minimum Gasteiger partial charge on any atom is -0.435 e. The van der Waals surface area contributed by atoms with Crippen molar-refractivity contribution in [3.05, 3.63) is 29.8 Å². The minimum atomic E-state index is -2.78. The van der Waals surface area contributed by atoms with E-state index in [0.29, 0.717) is 0 Å². The first-order valence-electron chi connectivity index (χ1n) is 7.02. The molecule has 0 aliphatic heterocycles. The molecule has 1 atom stereocenters. The normalized spacial score (nSPS) is 12.7.